The summed E-state index contributed by atoms with van der Waals surface area (Å²) in [7, 11) is 0. The van der Waals surface area contributed by atoms with Gasteiger partial charge in [-0.25, -0.2) is 14.6 Å². The average Bonchev–Trinajstić information content (AvgIpc) is 2.27. The lowest BCUT2D eigenvalue weighted by molar-refractivity contribution is 0.0645. The predicted octanol–water partition coefficient (Wildman–Crippen LogP) is 1.91. The first-order valence-corrected chi connectivity index (χ1v) is 5.42. The van der Waals surface area contributed by atoms with E-state index in [1.54, 1.807) is 13.8 Å². The van der Waals surface area contributed by atoms with Crippen LogP contribution in [0.1, 0.15) is 51.5 Å². The third-order valence-corrected chi connectivity index (χ3v) is 2.78. The van der Waals surface area contributed by atoms with Crippen LogP contribution in [0.5, 0.6) is 0 Å². The summed E-state index contributed by atoms with van der Waals surface area (Å²) < 4.78 is 0. The molecule has 1 heterocycles. The number of aromatic nitrogens is 1. The molecule has 0 spiro atoms. The van der Waals surface area contributed by atoms with Crippen molar-refractivity contribution in [2.24, 2.45) is 0 Å². The van der Waals surface area contributed by atoms with Crippen molar-refractivity contribution in [2.75, 3.05) is 0 Å². The molecule has 92 valence electrons. The van der Waals surface area contributed by atoms with Gasteiger partial charge >= 0.3 is 11.9 Å². The molecule has 5 nitrogen and oxygen atoms in total. The number of carboxylic acids is 2. The highest BCUT2D eigenvalue weighted by atomic mass is 16.4. The molecule has 1 aromatic heterocycles. The molecule has 0 fully saturated rings. The van der Waals surface area contributed by atoms with E-state index in [1.165, 1.54) is 0 Å². The van der Waals surface area contributed by atoms with Crippen LogP contribution in [0.4, 0.5) is 0 Å². The van der Waals surface area contributed by atoms with Gasteiger partial charge in [0.25, 0.3) is 0 Å². The van der Waals surface area contributed by atoms with Crippen molar-refractivity contribution in [1.29, 1.82) is 0 Å². The lowest BCUT2D eigenvalue weighted by atomic mass is 9.96. The molecule has 17 heavy (non-hydrogen) atoms. The van der Waals surface area contributed by atoms with Crippen molar-refractivity contribution < 1.29 is 19.8 Å². The molecule has 0 amide bonds. The van der Waals surface area contributed by atoms with Crippen LogP contribution in [-0.2, 0) is 12.8 Å². The van der Waals surface area contributed by atoms with Crippen LogP contribution in [0, 0.1) is 6.92 Å². The van der Waals surface area contributed by atoms with Gasteiger partial charge in [0.05, 0.1) is 5.56 Å². The number of aromatic carboxylic acids is 2. The molecule has 0 aliphatic heterocycles. The van der Waals surface area contributed by atoms with Crippen LogP contribution in [0.3, 0.4) is 0 Å². The number of rotatable bonds is 4. The van der Waals surface area contributed by atoms with Gasteiger partial charge in [0, 0.05) is 5.69 Å². The molecule has 0 atom stereocenters. The van der Waals surface area contributed by atoms with E-state index >= 15 is 0 Å². The van der Waals surface area contributed by atoms with Crippen LogP contribution in [-0.4, -0.2) is 27.1 Å². The van der Waals surface area contributed by atoms with E-state index in [-0.39, 0.29) is 11.3 Å². The molecular formula is C12H15NO4. The van der Waals surface area contributed by atoms with Gasteiger partial charge in [0.15, 0.2) is 5.69 Å². The fourth-order valence-corrected chi connectivity index (χ4v) is 1.95. The zero-order valence-electron chi connectivity index (χ0n) is 10.1. The minimum Gasteiger partial charge on any atom is -0.478 e. The quantitative estimate of drug-likeness (QED) is 0.835. The Morgan fingerprint density at radius 3 is 2.06 bits per heavy atom. The van der Waals surface area contributed by atoms with Crippen molar-refractivity contribution in [3.63, 3.8) is 0 Å². The van der Waals surface area contributed by atoms with Gasteiger partial charge in [0.1, 0.15) is 0 Å². The Bertz CT molecular complexity index is 480. The summed E-state index contributed by atoms with van der Waals surface area (Å²) in [5, 5.41) is 18.1. The molecule has 0 aromatic carbocycles. The minimum atomic E-state index is -1.30. The molecule has 0 bridgehead atoms. The van der Waals surface area contributed by atoms with Crippen molar-refractivity contribution in [3.8, 4) is 0 Å². The van der Waals surface area contributed by atoms with Crippen LogP contribution in [0.25, 0.3) is 0 Å². The maximum Gasteiger partial charge on any atom is 0.355 e. The highest BCUT2D eigenvalue weighted by molar-refractivity contribution is 6.01. The Hall–Kier alpha value is -1.91. The summed E-state index contributed by atoms with van der Waals surface area (Å²) in [5.74, 6) is -2.54. The Morgan fingerprint density at radius 1 is 1.12 bits per heavy atom. The van der Waals surface area contributed by atoms with Gasteiger partial charge in [-0.1, -0.05) is 13.8 Å². The zero-order valence-corrected chi connectivity index (χ0v) is 10.1. The maximum atomic E-state index is 11.2. The van der Waals surface area contributed by atoms with Gasteiger partial charge < -0.3 is 10.2 Å². The van der Waals surface area contributed by atoms with Crippen LogP contribution in [0.15, 0.2) is 0 Å². The van der Waals surface area contributed by atoms with Crippen LogP contribution >= 0.6 is 0 Å². The van der Waals surface area contributed by atoms with Crippen molar-refractivity contribution >= 4 is 11.9 Å². The minimum absolute atomic E-state index is 0.185. The first-order valence-electron chi connectivity index (χ1n) is 5.42. The maximum absolute atomic E-state index is 11.2. The third-order valence-electron chi connectivity index (χ3n) is 2.78. The second-order valence-corrected chi connectivity index (χ2v) is 3.70. The molecule has 5 heteroatoms. The van der Waals surface area contributed by atoms with E-state index in [1.807, 2.05) is 6.92 Å². The van der Waals surface area contributed by atoms with Crippen molar-refractivity contribution in [2.45, 2.75) is 33.6 Å². The Labute approximate surface area is 99.1 Å². The van der Waals surface area contributed by atoms with Gasteiger partial charge in [0.2, 0.25) is 0 Å². The molecule has 2 N–H and O–H groups in total. The highest BCUT2D eigenvalue weighted by Gasteiger charge is 2.24. The first kappa shape index (κ1) is 13.2. The molecule has 0 aliphatic carbocycles. The summed E-state index contributed by atoms with van der Waals surface area (Å²) in [6.07, 6.45) is 1.06. The van der Waals surface area contributed by atoms with Gasteiger partial charge in [-0.3, -0.25) is 0 Å². The average molecular weight is 237 g/mol. The lowest BCUT2D eigenvalue weighted by Crippen LogP contribution is -2.17. The second-order valence-electron chi connectivity index (χ2n) is 3.70. The van der Waals surface area contributed by atoms with E-state index in [4.69, 9.17) is 10.2 Å². The monoisotopic (exact) mass is 237 g/mol. The molecule has 1 aromatic rings. The smallest absolute Gasteiger partial charge is 0.355 e. The first-order chi connectivity index (χ1) is 7.93. The number of carboxylic acid groups (broad SMARTS) is 2. The third kappa shape index (κ3) is 2.27. The lowest BCUT2D eigenvalue weighted by Gasteiger charge is -2.13. The molecule has 0 radical (unpaired) electrons. The Balaban J connectivity index is 3.70. The number of hydrogen-bond donors (Lipinski definition) is 2. The van der Waals surface area contributed by atoms with E-state index < -0.39 is 11.9 Å². The number of pyridine rings is 1. The van der Waals surface area contributed by atoms with E-state index in [0.29, 0.717) is 24.1 Å². The molecular weight excluding hydrogens is 222 g/mol. The van der Waals surface area contributed by atoms with Crippen LogP contribution in [0.2, 0.25) is 0 Å². The van der Waals surface area contributed by atoms with Gasteiger partial charge in [-0.15, -0.1) is 0 Å². The van der Waals surface area contributed by atoms with Crippen molar-refractivity contribution in [1.82, 2.24) is 4.98 Å². The summed E-state index contributed by atoms with van der Waals surface area (Å²) in [4.78, 5) is 26.1. The van der Waals surface area contributed by atoms with E-state index in [0.717, 1.165) is 5.56 Å². The van der Waals surface area contributed by atoms with Gasteiger partial charge in [-0.2, -0.15) is 0 Å². The molecule has 0 unspecified atom stereocenters. The summed E-state index contributed by atoms with van der Waals surface area (Å²) >= 11 is 0. The topological polar surface area (TPSA) is 87.5 Å². The molecule has 0 saturated heterocycles. The molecule has 1 rings (SSSR count). The fourth-order valence-electron chi connectivity index (χ4n) is 1.95. The van der Waals surface area contributed by atoms with E-state index in [9.17, 15) is 9.59 Å². The SMILES string of the molecule is CCc1nc(C(=O)O)c(C(=O)O)c(CC)c1C. The van der Waals surface area contributed by atoms with Crippen LogP contribution < -0.4 is 0 Å². The summed E-state index contributed by atoms with van der Waals surface area (Å²) in [5.41, 5.74) is 1.43. The predicted molar refractivity (Wildman–Crippen MR) is 61.6 cm³/mol. The normalized spacial score (nSPS) is 10.3. The largest absolute Gasteiger partial charge is 0.478 e. The Morgan fingerprint density at radius 2 is 1.71 bits per heavy atom. The summed E-state index contributed by atoms with van der Waals surface area (Å²) in [6.45, 7) is 5.45. The highest BCUT2D eigenvalue weighted by Crippen LogP contribution is 2.21. The Kier molecular flexibility index (Phi) is 3.83. The number of carbonyl (C=O) groups is 2. The second kappa shape index (κ2) is 4.95. The van der Waals surface area contributed by atoms with E-state index in [2.05, 4.69) is 4.98 Å². The standard InChI is InChI=1S/C12H15NO4/c1-4-7-6(3)8(5-2)13-10(12(16)17)9(7)11(14)15/h4-5H2,1-3H3,(H,14,15)(H,16,17). The zero-order chi connectivity index (χ0) is 13.2. The number of hydrogen-bond acceptors (Lipinski definition) is 3. The number of aryl methyl sites for hydroxylation is 1. The molecule has 0 aliphatic rings. The fraction of sp³-hybridized carbons (Fsp3) is 0.417. The molecule has 0 saturated carbocycles. The van der Waals surface area contributed by atoms with Gasteiger partial charge in [-0.05, 0) is 30.9 Å². The van der Waals surface area contributed by atoms with Crippen molar-refractivity contribution in [3.05, 3.63) is 28.1 Å². The summed E-state index contributed by atoms with van der Waals surface area (Å²) in [6, 6.07) is 0. The number of nitrogens with zero attached hydrogens (tertiary/aromatic N) is 1.